The van der Waals surface area contributed by atoms with Crippen LogP contribution in [0.25, 0.3) is 0 Å². The van der Waals surface area contributed by atoms with E-state index >= 15 is 0 Å². The molecule has 3 nitrogen and oxygen atoms in total. The minimum absolute atomic E-state index is 0.437. The molecule has 1 saturated carbocycles. The molecule has 0 aromatic rings. The van der Waals surface area contributed by atoms with Gasteiger partial charge in [0.15, 0.2) is 0 Å². The van der Waals surface area contributed by atoms with E-state index in [9.17, 15) is 8.42 Å². The number of hydrogen-bond donors (Lipinski definition) is 1. The number of nitrogens with one attached hydrogen (secondary N) is 1. The molecule has 1 N–H and O–H groups in total. The second-order valence-corrected chi connectivity index (χ2v) is 5.87. The molecule has 0 saturated heterocycles. The molecule has 0 radical (unpaired) electrons. The zero-order valence-electron chi connectivity index (χ0n) is 7.79. The van der Waals surface area contributed by atoms with E-state index in [1.54, 1.807) is 0 Å². The van der Waals surface area contributed by atoms with Gasteiger partial charge in [-0.2, -0.15) is 0 Å². The third kappa shape index (κ3) is 3.83. The van der Waals surface area contributed by atoms with Crippen LogP contribution in [0.15, 0.2) is 0 Å². The van der Waals surface area contributed by atoms with Gasteiger partial charge in [0.1, 0.15) is 0 Å². The maximum atomic E-state index is 10.8. The first kappa shape index (κ1) is 11.3. The van der Waals surface area contributed by atoms with Crippen LogP contribution in [0.1, 0.15) is 19.3 Å². The lowest BCUT2D eigenvalue weighted by Gasteiger charge is -2.16. The topological polar surface area (TPSA) is 46.2 Å². The Bertz CT molecular complexity index is 253. The highest BCUT2D eigenvalue weighted by atomic mass is 35.5. The molecule has 13 heavy (non-hydrogen) atoms. The monoisotopic (exact) mass is 225 g/mol. The van der Waals surface area contributed by atoms with Gasteiger partial charge < -0.3 is 0 Å². The highest BCUT2D eigenvalue weighted by Crippen LogP contribution is 2.31. The van der Waals surface area contributed by atoms with E-state index in [1.807, 2.05) is 0 Å². The summed E-state index contributed by atoms with van der Waals surface area (Å²) in [6, 6.07) is 0. The Hall–Kier alpha value is 0.200. The highest BCUT2D eigenvalue weighted by Gasteiger charge is 2.26. The summed E-state index contributed by atoms with van der Waals surface area (Å²) in [5.41, 5.74) is 0. The molecule has 2 atom stereocenters. The summed E-state index contributed by atoms with van der Waals surface area (Å²) in [5, 5.41) is 0. The molecule has 1 fully saturated rings. The summed E-state index contributed by atoms with van der Waals surface area (Å²) in [4.78, 5) is 0. The Balaban J connectivity index is 2.36. The molecule has 0 aromatic heterocycles. The first-order valence-corrected chi connectivity index (χ1v) is 6.96. The van der Waals surface area contributed by atoms with Crippen molar-refractivity contribution < 1.29 is 8.42 Å². The highest BCUT2D eigenvalue weighted by molar-refractivity contribution is 7.88. The van der Waals surface area contributed by atoms with Crippen molar-refractivity contribution >= 4 is 21.6 Å². The van der Waals surface area contributed by atoms with E-state index in [1.165, 1.54) is 12.7 Å². The van der Waals surface area contributed by atoms with Crippen LogP contribution >= 0.6 is 11.6 Å². The number of hydrogen-bond acceptors (Lipinski definition) is 2. The molecule has 78 valence electrons. The molecule has 1 aliphatic carbocycles. The molecular formula is C8H16ClNO2S. The lowest BCUT2D eigenvalue weighted by molar-refractivity contribution is 0.419. The van der Waals surface area contributed by atoms with E-state index in [0.29, 0.717) is 24.3 Å². The van der Waals surface area contributed by atoms with Crippen LogP contribution in [0.3, 0.4) is 0 Å². The predicted molar refractivity (Wildman–Crippen MR) is 54.4 cm³/mol. The van der Waals surface area contributed by atoms with Gasteiger partial charge in [-0.1, -0.05) is 6.42 Å². The summed E-state index contributed by atoms with van der Waals surface area (Å²) in [6.07, 6.45) is 4.60. The van der Waals surface area contributed by atoms with Crippen molar-refractivity contribution in [1.29, 1.82) is 0 Å². The van der Waals surface area contributed by atoms with Crippen LogP contribution in [0, 0.1) is 11.8 Å². The van der Waals surface area contributed by atoms with Crippen molar-refractivity contribution in [1.82, 2.24) is 4.72 Å². The van der Waals surface area contributed by atoms with Crippen molar-refractivity contribution in [2.45, 2.75) is 19.3 Å². The fourth-order valence-electron chi connectivity index (χ4n) is 1.84. The quantitative estimate of drug-likeness (QED) is 0.731. The van der Waals surface area contributed by atoms with Gasteiger partial charge >= 0.3 is 0 Å². The van der Waals surface area contributed by atoms with Gasteiger partial charge in [-0.3, -0.25) is 0 Å². The first-order chi connectivity index (χ1) is 6.03. The molecule has 0 spiro atoms. The van der Waals surface area contributed by atoms with Gasteiger partial charge in [-0.25, -0.2) is 13.1 Å². The van der Waals surface area contributed by atoms with Crippen LogP contribution < -0.4 is 4.72 Å². The van der Waals surface area contributed by atoms with E-state index in [0.717, 1.165) is 12.8 Å². The zero-order chi connectivity index (χ0) is 9.90. The maximum absolute atomic E-state index is 10.8. The Morgan fingerprint density at radius 3 is 2.54 bits per heavy atom. The van der Waals surface area contributed by atoms with Gasteiger partial charge in [0.05, 0.1) is 6.26 Å². The maximum Gasteiger partial charge on any atom is 0.208 e. The lowest BCUT2D eigenvalue weighted by Crippen LogP contribution is -2.30. The number of alkyl halides is 1. The molecule has 0 aliphatic heterocycles. The van der Waals surface area contributed by atoms with Crippen molar-refractivity contribution in [3.63, 3.8) is 0 Å². The molecular weight excluding hydrogens is 210 g/mol. The summed E-state index contributed by atoms with van der Waals surface area (Å²) in [7, 11) is -3.04. The molecule has 0 bridgehead atoms. The van der Waals surface area contributed by atoms with Crippen molar-refractivity contribution in [2.75, 3.05) is 18.7 Å². The van der Waals surface area contributed by atoms with Gasteiger partial charge in [0, 0.05) is 12.4 Å². The SMILES string of the molecule is CS(=O)(=O)NCC1CCCC1CCl. The molecule has 0 heterocycles. The smallest absolute Gasteiger partial charge is 0.208 e. The molecule has 2 unspecified atom stereocenters. The largest absolute Gasteiger partial charge is 0.215 e. The molecule has 1 aliphatic rings. The minimum atomic E-state index is -3.04. The van der Waals surface area contributed by atoms with Crippen LogP contribution in [-0.2, 0) is 10.0 Å². The normalized spacial score (nSPS) is 29.4. The van der Waals surface area contributed by atoms with E-state index in [2.05, 4.69) is 4.72 Å². The first-order valence-electron chi connectivity index (χ1n) is 4.53. The van der Waals surface area contributed by atoms with Gasteiger partial charge in [0.2, 0.25) is 10.0 Å². The van der Waals surface area contributed by atoms with E-state index < -0.39 is 10.0 Å². The standard InChI is InChI=1S/C8H16ClNO2S/c1-13(11,12)10-6-8-4-2-3-7(8)5-9/h7-8,10H,2-6H2,1H3. The summed E-state index contributed by atoms with van der Waals surface area (Å²) >= 11 is 5.78. The molecule has 0 amide bonds. The zero-order valence-corrected chi connectivity index (χ0v) is 9.37. The van der Waals surface area contributed by atoms with Crippen molar-refractivity contribution in [3.8, 4) is 0 Å². The van der Waals surface area contributed by atoms with Crippen molar-refractivity contribution in [2.24, 2.45) is 11.8 Å². The van der Waals surface area contributed by atoms with Crippen LogP contribution in [0.4, 0.5) is 0 Å². The fraction of sp³-hybridized carbons (Fsp3) is 1.00. The molecule has 5 heteroatoms. The van der Waals surface area contributed by atoms with Gasteiger partial charge in [-0.15, -0.1) is 11.6 Å². The lowest BCUT2D eigenvalue weighted by atomic mass is 9.98. The van der Waals surface area contributed by atoms with E-state index in [4.69, 9.17) is 11.6 Å². The fourth-order valence-corrected chi connectivity index (χ4v) is 2.77. The summed E-state index contributed by atoms with van der Waals surface area (Å²) in [6.45, 7) is 0.552. The Morgan fingerprint density at radius 2 is 2.00 bits per heavy atom. The Labute approximate surface area is 84.9 Å². The number of sulfonamides is 1. The average Bonchev–Trinajstić information content (AvgIpc) is 2.46. The van der Waals surface area contributed by atoms with Crippen molar-refractivity contribution in [3.05, 3.63) is 0 Å². The second-order valence-electron chi connectivity index (χ2n) is 3.73. The minimum Gasteiger partial charge on any atom is -0.215 e. The summed E-state index contributed by atoms with van der Waals surface area (Å²) in [5.74, 6) is 1.58. The second kappa shape index (κ2) is 4.62. The summed E-state index contributed by atoms with van der Waals surface area (Å²) < 4.78 is 24.2. The Morgan fingerprint density at radius 1 is 1.38 bits per heavy atom. The van der Waals surface area contributed by atoms with Gasteiger partial charge in [0.25, 0.3) is 0 Å². The molecule has 1 rings (SSSR count). The average molecular weight is 226 g/mol. The number of rotatable bonds is 4. The van der Waals surface area contributed by atoms with Gasteiger partial charge in [-0.05, 0) is 24.7 Å². The third-order valence-electron chi connectivity index (χ3n) is 2.62. The number of halogens is 1. The van der Waals surface area contributed by atoms with Crippen LogP contribution in [0.5, 0.6) is 0 Å². The third-order valence-corrected chi connectivity index (χ3v) is 3.71. The Kier molecular flexibility index (Phi) is 4.01. The van der Waals surface area contributed by atoms with Crippen LogP contribution in [-0.4, -0.2) is 27.1 Å². The predicted octanol–water partition coefficient (Wildman–Crippen LogP) is 1.19. The van der Waals surface area contributed by atoms with Crippen LogP contribution in [0.2, 0.25) is 0 Å². The molecule has 0 aromatic carbocycles. The van der Waals surface area contributed by atoms with E-state index in [-0.39, 0.29) is 0 Å².